The second-order valence-corrected chi connectivity index (χ2v) is 3.94. The van der Waals surface area contributed by atoms with Gasteiger partial charge in [-0.1, -0.05) is 19.1 Å². The van der Waals surface area contributed by atoms with Crippen LogP contribution < -0.4 is 5.32 Å². The van der Waals surface area contributed by atoms with E-state index < -0.39 is 0 Å². The molecule has 0 saturated carbocycles. The van der Waals surface area contributed by atoms with Crippen LogP contribution in [0.3, 0.4) is 0 Å². The fourth-order valence-corrected chi connectivity index (χ4v) is 1.51. The summed E-state index contributed by atoms with van der Waals surface area (Å²) in [6, 6.07) is 8.59. The van der Waals surface area contributed by atoms with Gasteiger partial charge in [0.25, 0.3) is 0 Å². The molecule has 0 atom stereocenters. The monoisotopic (exact) mass is 237 g/mol. The molecule has 1 aromatic carbocycles. The van der Waals surface area contributed by atoms with Crippen LogP contribution >= 0.6 is 0 Å². The third kappa shape index (κ3) is 6.29. The Kier molecular flexibility index (Phi) is 7.43. The maximum atomic E-state index is 5.38. The van der Waals surface area contributed by atoms with Crippen molar-refractivity contribution in [1.82, 2.24) is 0 Å². The number of benzene rings is 1. The van der Waals surface area contributed by atoms with Crippen LogP contribution in [0.1, 0.15) is 18.9 Å². The van der Waals surface area contributed by atoms with Gasteiger partial charge in [-0.3, -0.25) is 0 Å². The van der Waals surface area contributed by atoms with Crippen LogP contribution in [0, 0.1) is 0 Å². The smallest absolute Gasteiger partial charge is 0.0700 e. The first-order valence-electron chi connectivity index (χ1n) is 6.26. The molecule has 0 saturated heterocycles. The van der Waals surface area contributed by atoms with Gasteiger partial charge < -0.3 is 14.8 Å². The van der Waals surface area contributed by atoms with E-state index in [9.17, 15) is 0 Å². The number of methoxy groups -OCH3 is 1. The second kappa shape index (κ2) is 9.02. The molecule has 1 rings (SSSR count). The zero-order valence-corrected chi connectivity index (χ0v) is 10.9. The Morgan fingerprint density at radius 2 is 1.82 bits per heavy atom. The first-order valence-corrected chi connectivity index (χ1v) is 6.26. The highest BCUT2D eigenvalue weighted by Gasteiger charge is 1.93. The molecule has 0 spiro atoms. The molecule has 0 radical (unpaired) electrons. The summed E-state index contributed by atoms with van der Waals surface area (Å²) in [5.41, 5.74) is 2.55. The summed E-state index contributed by atoms with van der Waals surface area (Å²) in [7, 11) is 1.69. The molecule has 0 amide bonds. The Balaban J connectivity index is 2.05. The largest absolute Gasteiger partial charge is 0.385 e. The zero-order valence-electron chi connectivity index (χ0n) is 10.9. The van der Waals surface area contributed by atoms with E-state index >= 15 is 0 Å². The van der Waals surface area contributed by atoms with Crippen LogP contribution in [0.5, 0.6) is 0 Å². The molecule has 0 aliphatic heterocycles. The SMILES string of the molecule is CCc1ccc(NCCCOCCOC)cc1. The van der Waals surface area contributed by atoms with E-state index in [1.54, 1.807) is 7.11 Å². The van der Waals surface area contributed by atoms with Gasteiger partial charge in [0.1, 0.15) is 0 Å². The molecule has 0 aliphatic carbocycles. The minimum absolute atomic E-state index is 0.673. The average Bonchev–Trinajstić information content (AvgIpc) is 2.38. The van der Waals surface area contributed by atoms with E-state index in [4.69, 9.17) is 9.47 Å². The van der Waals surface area contributed by atoms with Crippen molar-refractivity contribution in [3.05, 3.63) is 29.8 Å². The molecule has 0 aliphatic rings. The molecule has 3 nitrogen and oxygen atoms in total. The summed E-state index contributed by atoms with van der Waals surface area (Å²) in [4.78, 5) is 0. The predicted octanol–water partition coefficient (Wildman–Crippen LogP) is 2.71. The highest BCUT2D eigenvalue weighted by atomic mass is 16.5. The van der Waals surface area contributed by atoms with E-state index in [0.29, 0.717) is 13.2 Å². The van der Waals surface area contributed by atoms with Gasteiger partial charge >= 0.3 is 0 Å². The molecule has 3 heteroatoms. The lowest BCUT2D eigenvalue weighted by atomic mass is 10.1. The van der Waals surface area contributed by atoms with Gasteiger partial charge in [-0.25, -0.2) is 0 Å². The summed E-state index contributed by atoms with van der Waals surface area (Å²) in [5.74, 6) is 0. The third-order valence-electron chi connectivity index (χ3n) is 2.59. The van der Waals surface area contributed by atoms with Crippen molar-refractivity contribution in [3.63, 3.8) is 0 Å². The van der Waals surface area contributed by atoms with E-state index in [1.807, 2.05) is 0 Å². The normalized spacial score (nSPS) is 10.5. The molecule has 17 heavy (non-hydrogen) atoms. The van der Waals surface area contributed by atoms with Gasteiger partial charge in [-0.2, -0.15) is 0 Å². The molecule has 96 valence electrons. The van der Waals surface area contributed by atoms with Crippen LogP contribution in [0.4, 0.5) is 5.69 Å². The molecule has 0 unspecified atom stereocenters. The van der Waals surface area contributed by atoms with Crippen molar-refractivity contribution in [2.24, 2.45) is 0 Å². The fraction of sp³-hybridized carbons (Fsp3) is 0.571. The van der Waals surface area contributed by atoms with Gasteiger partial charge in [0, 0.05) is 25.9 Å². The van der Waals surface area contributed by atoms with Crippen molar-refractivity contribution >= 4 is 5.69 Å². The zero-order chi connectivity index (χ0) is 12.3. The van der Waals surface area contributed by atoms with Crippen molar-refractivity contribution in [3.8, 4) is 0 Å². The Morgan fingerprint density at radius 3 is 2.47 bits per heavy atom. The van der Waals surface area contributed by atoms with Gasteiger partial charge in [-0.15, -0.1) is 0 Å². The van der Waals surface area contributed by atoms with Gasteiger partial charge in [-0.05, 0) is 30.5 Å². The lowest BCUT2D eigenvalue weighted by molar-refractivity contribution is 0.0705. The van der Waals surface area contributed by atoms with E-state index in [2.05, 4.69) is 36.5 Å². The topological polar surface area (TPSA) is 30.5 Å². The Hall–Kier alpha value is -1.06. The average molecular weight is 237 g/mol. The summed E-state index contributed by atoms with van der Waals surface area (Å²) in [5, 5.41) is 3.38. The van der Waals surface area contributed by atoms with Crippen molar-refractivity contribution < 1.29 is 9.47 Å². The fourth-order valence-electron chi connectivity index (χ4n) is 1.51. The first kappa shape index (κ1) is 14.0. The molecule has 1 N–H and O–H groups in total. The lowest BCUT2D eigenvalue weighted by Gasteiger charge is -2.07. The summed E-state index contributed by atoms with van der Waals surface area (Å²) in [6.07, 6.45) is 2.10. The first-order chi connectivity index (χ1) is 8.36. The molecule has 1 aromatic rings. The molecule has 0 aromatic heterocycles. The quantitative estimate of drug-likeness (QED) is 0.670. The summed E-state index contributed by atoms with van der Waals surface area (Å²) < 4.78 is 10.3. The van der Waals surface area contributed by atoms with Gasteiger partial charge in [0.15, 0.2) is 0 Å². The molecule has 0 bridgehead atoms. The number of hydrogen-bond donors (Lipinski definition) is 1. The molecule has 0 fully saturated rings. The third-order valence-corrected chi connectivity index (χ3v) is 2.59. The number of nitrogens with one attached hydrogen (secondary N) is 1. The Bertz CT molecular complexity index is 285. The van der Waals surface area contributed by atoms with Crippen LogP contribution in [0.2, 0.25) is 0 Å². The maximum Gasteiger partial charge on any atom is 0.0700 e. The standard InChI is InChI=1S/C14H23NO2/c1-3-13-5-7-14(8-6-13)15-9-4-10-17-12-11-16-2/h5-8,15H,3-4,9-12H2,1-2H3. The summed E-state index contributed by atoms with van der Waals surface area (Å²) >= 11 is 0. The van der Waals surface area contributed by atoms with Crippen molar-refractivity contribution in [2.45, 2.75) is 19.8 Å². The van der Waals surface area contributed by atoms with E-state index in [-0.39, 0.29) is 0 Å². The number of ether oxygens (including phenoxy) is 2. The number of hydrogen-bond acceptors (Lipinski definition) is 3. The van der Waals surface area contributed by atoms with Gasteiger partial charge in [0.2, 0.25) is 0 Å². The number of aryl methyl sites for hydroxylation is 1. The minimum atomic E-state index is 0.673. The van der Waals surface area contributed by atoms with Crippen LogP contribution in [-0.2, 0) is 15.9 Å². The Morgan fingerprint density at radius 1 is 1.06 bits per heavy atom. The van der Waals surface area contributed by atoms with Crippen LogP contribution in [-0.4, -0.2) is 33.5 Å². The van der Waals surface area contributed by atoms with Crippen molar-refractivity contribution in [1.29, 1.82) is 0 Å². The molecular formula is C14H23NO2. The van der Waals surface area contributed by atoms with Crippen molar-refractivity contribution in [2.75, 3.05) is 38.8 Å². The summed E-state index contributed by atoms with van der Waals surface area (Å²) in [6.45, 7) is 5.25. The second-order valence-electron chi connectivity index (χ2n) is 3.94. The molecular weight excluding hydrogens is 214 g/mol. The van der Waals surface area contributed by atoms with Crippen LogP contribution in [0.15, 0.2) is 24.3 Å². The molecule has 0 heterocycles. The minimum Gasteiger partial charge on any atom is -0.385 e. The van der Waals surface area contributed by atoms with Gasteiger partial charge in [0.05, 0.1) is 13.2 Å². The number of anilines is 1. The van der Waals surface area contributed by atoms with E-state index in [0.717, 1.165) is 26.0 Å². The van der Waals surface area contributed by atoms with E-state index in [1.165, 1.54) is 11.3 Å². The highest BCUT2D eigenvalue weighted by Crippen LogP contribution is 2.09. The maximum absolute atomic E-state index is 5.38. The number of rotatable bonds is 9. The van der Waals surface area contributed by atoms with Crippen LogP contribution in [0.25, 0.3) is 0 Å². The Labute approximate surface area is 104 Å². The predicted molar refractivity (Wildman–Crippen MR) is 71.6 cm³/mol. The lowest BCUT2D eigenvalue weighted by Crippen LogP contribution is -2.08. The highest BCUT2D eigenvalue weighted by molar-refractivity contribution is 5.44.